The number of nitrogens with zero attached hydrogens (tertiary/aromatic N) is 2. The summed E-state index contributed by atoms with van der Waals surface area (Å²) in [6, 6.07) is 0. The second-order valence-electron chi connectivity index (χ2n) is 13.7. The molecule has 8 aliphatic carbocycles. The van der Waals surface area contributed by atoms with Gasteiger partial charge in [0.2, 0.25) is 11.8 Å². The predicted molar refractivity (Wildman–Crippen MR) is 124 cm³/mol. The highest BCUT2D eigenvalue weighted by molar-refractivity contribution is 5.85. The molecule has 32 heavy (non-hydrogen) atoms. The maximum atomic E-state index is 13.9. The van der Waals surface area contributed by atoms with Gasteiger partial charge in [-0.15, -0.1) is 0 Å². The third-order valence-electron chi connectivity index (χ3n) is 11.5. The van der Waals surface area contributed by atoms with Crippen molar-refractivity contribution in [1.29, 1.82) is 0 Å². The summed E-state index contributed by atoms with van der Waals surface area (Å²) in [5, 5.41) is 0. The molecule has 0 radical (unpaired) electrons. The van der Waals surface area contributed by atoms with E-state index in [1.54, 1.807) is 0 Å². The van der Waals surface area contributed by atoms with Crippen molar-refractivity contribution in [3.63, 3.8) is 0 Å². The maximum absolute atomic E-state index is 13.9. The van der Waals surface area contributed by atoms with E-state index in [0.717, 1.165) is 100 Å². The van der Waals surface area contributed by atoms with Crippen LogP contribution in [0, 0.1) is 46.3 Å². The van der Waals surface area contributed by atoms with Gasteiger partial charge in [0.25, 0.3) is 0 Å². The van der Waals surface area contributed by atoms with Crippen molar-refractivity contribution in [2.45, 2.75) is 89.9 Å². The lowest BCUT2D eigenvalue weighted by Gasteiger charge is -2.50. The second kappa shape index (κ2) is 7.22. The molecule has 1 saturated heterocycles. The van der Waals surface area contributed by atoms with Crippen molar-refractivity contribution >= 4 is 11.8 Å². The lowest BCUT2D eigenvalue weighted by Crippen LogP contribution is -2.58. The second-order valence-corrected chi connectivity index (χ2v) is 13.7. The molecule has 9 rings (SSSR count). The first-order valence-corrected chi connectivity index (χ1v) is 14.1. The molecule has 0 spiro atoms. The normalized spacial score (nSPS) is 49.2. The topological polar surface area (TPSA) is 40.6 Å². The number of carbonyl (C=O) groups is 2. The molecule has 0 aromatic rings. The first-order valence-electron chi connectivity index (χ1n) is 14.1. The van der Waals surface area contributed by atoms with Gasteiger partial charge in [-0.2, -0.15) is 0 Å². The number of rotatable bonds is 2. The molecule has 4 nitrogen and oxygen atoms in total. The molecule has 2 amide bonds. The van der Waals surface area contributed by atoms with Crippen molar-refractivity contribution < 1.29 is 9.59 Å². The number of hydrogen-bond donors (Lipinski definition) is 0. The van der Waals surface area contributed by atoms with Crippen molar-refractivity contribution in [2.24, 2.45) is 46.3 Å². The standard InChI is InChI=1S/C28H42N2O2/c31-25(27-4-3-19-9-22(16-27)13-23(10-19)17-27)29-5-7-30(8-6-29)26(32)28-14-20-1-2-21(15-28)12-24(11-20)18-28/h19-24H,1-18H2/t19?,20-,21-,22-,23+,24?,27?,28?/m1/s1. The SMILES string of the molecule is O=C(N1CCN(C(=O)C23CC4C[C@@H](CC[C@H](C4)C2)C3)CC1)C12CCC3C[C@H](C[C@H](C3)C1)C2. The van der Waals surface area contributed by atoms with Gasteiger partial charge in [0.1, 0.15) is 0 Å². The largest absolute Gasteiger partial charge is 0.339 e. The summed E-state index contributed by atoms with van der Waals surface area (Å²) in [6.07, 6.45) is 17.9. The molecule has 0 aromatic carbocycles. The van der Waals surface area contributed by atoms with Gasteiger partial charge in [0.15, 0.2) is 0 Å². The molecular weight excluding hydrogens is 396 g/mol. The summed E-state index contributed by atoms with van der Waals surface area (Å²) in [4.78, 5) is 32.1. The van der Waals surface area contributed by atoms with Crippen molar-refractivity contribution in [3.8, 4) is 0 Å². The summed E-state index contributed by atoms with van der Waals surface area (Å²) in [6.45, 7) is 3.10. The number of fused-ring (bicyclic) bond motifs is 2. The van der Waals surface area contributed by atoms with Crippen LogP contribution in [0.4, 0.5) is 0 Å². The highest BCUT2D eigenvalue weighted by Gasteiger charge is 2.55. The fraction of sp³-hybridized carbons (Fsp3) is 0.929. The lowest BCUT2D eigenvalue weighted by atomic mass is 9.58. The van der Waals surface area contributed by atoms with E-state index in [4.69, 9.17) is 0 Å². The van der Waals surface area contributed by atoms with E-state index in [1.165, 1.54) is 51.4 Å². The van der Waals surface area contributed by atoms with Crippen LogP contribution in [0.5, 0.6) is 0 Å². The number of amides is 2. The Hall–Kier alpha value is -1.06. The number of piperazine rings is 1. The minimum atomic E-state index is -0.0527. The van der Waals surface area contributed by atoms with Crippen LogP contribution in [0.15, 0.2) is 0 Å². The molecule has 0 aromatic heterocycles. The molecule has 9 fully saturated rings. The van der Waals surface area contributed by atoms with E-state index in [0.29, 0.717) is 11.8 Å². The Morgan fingerprint density at radius 2 is 0.906 bits per heavy atom. The molecule has 2 unspecified atom stereocenters. The molecule has 176 valence electrons. The smallest absolute Gasteiger partial charge is 0.228 e. The number of hydrogen-bond acceptors (Lipinski definition) is 2. The minimum Gasteiger partial charge on any atom is -0.339 e. The highest BCUT2D eigenvalue weighted by atomic mass is 16.2. The van der Waals surface area contributed by atoms with E-state index in [-0.39, 0.29) is 10.8 Å². The number of carbonyl (C=O) groups excluding carboxylic acids is 2. The Balaban J connectivity index is 1.04. The van der Waals surface area contributed by atoms with E-state index < -0.39 is 0 Å². The summed E-state index contributed by atoms with van der Waals surface area (Å²) in [5.74, 6) is 5.85. The van der Waals surface area contributed by atoms with Gasteiger partial charge in [-0.3, -0.25) is 9.59 Å². The monoisotopic (exact) mass is 438 g/mol. The zero-order valence-corrected chi connectivity index (χ0v) is 19.9. The Kier molecular flexibility index (Phi) is 4.58. The molecule has 6 atom stereocenters. The van der Waals surface area contributed by atoms with Gasteiger partial charge in [0, 0.05) is 31.6 Å². The van der Waals surface area contributed by atoms with Crippen molar-refractivity contribution in [3.05, 3.63) is 0 Å². The fourth-order valence-corrected chi connectivity index (χ4v) is 10.7. The Morgan fingerprint density at radius 1 is 0.500 bits per heavy atom. The van der Waals surface area contributed by atoms with Gasteiger partial charge in [-0.25, -0.2) is 0 Å². The van der Waals surface area contributed by atoms with Crippen LogP contribution in [0.25, 0.3) is 0 Å². The van der Waals surface area contributed by atoms with Crippen LogP contribution in [0.3, 0.4) is 0 Å². The van der Waals surface area contributed by atoms with Crippen LogP contribution < -0.4 is 0 Å². The zero-order valence-electron chi connectivity index (χ0n) is 19.9. The predicted octanol–water partition coefficient (Wildman–Crippen LogP) is 4.87. The van der Waals surface area contributed by atoms with E-state index in [9.17, 15) is 9.59 Å². The molecule has 1 heterocycles. The fourth-order valence-electron chi connectivity index (χ4n) is 10.7. The van der Waals surface area contributed by atoms with Crippen LogP contribution in [0.2, 0.25) is 0 Å². The average Bonchev–Trinajstić information content (AvgIpc) is 3.14. The first kappa shape index (κ1) is 20.3. The quantitative estimate of drug-likeness (QED) is 0.617. The van der Waals surface area contributed by atoms with Crippen LogP contribution >= 0.6 is 0 Å². The minimum absolute atomic E-state index is 0.0449. The van der Waals surface area contributed by atoms with E-state index >= 15 is 0 Å². The van der Waals surface area contributed by atoms with Crippen molar-refractivity contribution in [1.82, 2.24) is 9.80 Å². The van der Waals surface area contributed by atoms with Gasteiger partial charge in [-0.05, 0) is 113 Å². The lowest BCUT2D eigenvalue weighted by molar-refractivity contribution is -0.157. The molecule has 9 aliphatic rings. The Morgan fingerprint density at radius 3 is 1.47 bits per heavy atom. The van der Waals surface area contributed by atoms with E-state index in [1.807, 2.05) is 0 Å². The molecule has 0 N–H and O–H groups in total. The van der Waals surface area contributed by atoms with Crippen molar-refractivity contribution in [2.75, 3.05) is 26.2 Å². The molecular formula is C28H42N2O2. The summed E-state index contributed by atoms with van der Waals surface area (Å²) < 4.78 is 0. The van der Waals surface area contributed by atoms with Crippen LogP contribution in [0.1, 0.15) is 89.9 Å². The van der Waals surface area contributed by atoms with Crippen LogP contribution in [-0.2, 0) is 9.59 Å². The van der Waals surface area contributed by atoms with Gasteiger partial charge in [-0.1, -0.05) is 12.8 Å². The van der Waals surface area contributed by atoms with Crippen LogP contribution in [-0.4, -0.2) is 47.8 Å². The maximum Gasteiger partial charge on any atom is 0.228 e. The summed E-state index contributed by atoms with van der Waals surface area (Å²) in [7, 11) is 0. The average molecular weight is 439 g/mol. The van der Waals surface area contributed by atoms with E-state index in [2.05, 4.69) is 9.80 Å². The van der Waals surface area contributed by atoms with Gasteiger partial charge < -0.3 is 9.80 Å². The molecule has 8 bridgehead atoms. The third-order valence-corrected chi connectivity index (χ3v) is 11.5. The van der Waals surface area contributed by atoms with Gasteiger partial charge in [0.05, 0.1) is 5.41 Å². The highest BCUT2D eigenvalue weighted by Crippen LogP contribution is 2.59. The van der Waals surface area contributed by atoms with Gasteiger partial charge >= 0.3 is 0 Å². The Bertz CT molecular complexity index is 733. The molecule has 4 heteroatoms. The summed E-state index contributed by atoms with van der Waals surface area (Å²) >= 11 is 0. The Labute approximate surface area is 193 Å². The first-order chi connectivity index (χ1) is 15.5. The third kappa shape index (κ3) is 3.13. The molecule has 8 saturated carbocycles. The zero-order chi connectivity index (χ0) is 21.5. The molecule has 1 aliphatic heterocycles. The summed E-state index contributed by atoms with van der Waals surface area (Å²) in [5.41, 5.74) is -0.0976.